The first-order valence-electron chi connectivity index (χ1n) is 11.5. The smallest absolute Gasteiger partial charge is 0.173 e. The van der Waals surface area contributed by atoms with E-state index in [4.69, 9.17) is 0 Å². The fraction of sp³-hybridized carbons (Fsp3) is 0.346. The van der Waals surface area contributed by atoms with E-state index in [9.17, 15) is 0 Å². The molecule has 1 aliphatic heterocycles. The van der Waals surface area contributed by atoms with Crippen LogP contribution in [0.3, 0.4) is 0 Å². The van der Waals surface area contributed by atoms with Gasteiger partial charge in [-0.25, -0.2) is 4.68 Å². The van der Waals surface area contributed by atoms with Gasteiger partial charge in [0.1, 0.15) is 0 Å². The van der Waals surface area contributed by atoms with Crippen molar-refractivity contribution in [3.05, 3.63) is 92.9 Å². The molecule has 7 heteroatoms. The van der Waals surface area contributed by atoms with E-state index in [-0.39, 0.29) is 6.04 Å². The van der Waals surface area contributed by atoms with Crippen molar-refractivity contribution in [2.24, 2.45) is 0 Å². The molecule has 6 nitrogen and oxygen atoms in total. The Bertz CT molecular complexity index is 1190. The average molecular weight is 459 g/mol. The van der Waals surface area contributed by atoms with Crippen LogP contribution in [0.5, 0.6) is 0 Å². The second kappa shape index (κ2) is 9.45. The van der Waals surface area contributed by atoms with E-state index < -0.39 is 0 Å². The van der Waals surface area contributed by atoms with Gasteiger partial charge in [-0.15, -0.1) is 16.4 Å². The third kappa shape index (κ3) is 4.56. The number of nitrogens with zero attached hydrogens (tertiary/aromatic N) is 6. The molecule has 3 heterocycles. The van der Waals surface area contributed by atoms with Crippen LogP contribution in [-0.2, 0) is 6.54 Å². The van der Waals surface area contributed by atoms with E-state index in [0.717, 1.165) is 32.0 Å². The van der Waals surface area contributed by atoms with Crippen LogP contribution in [0.25, 0.3) is 0 Å². The molecule has 2 aromatic carbocycles. The molecule has 5 rings (SSSR count). The molecule has 0 radical (unpaired) electrons. The summed E-state index contributed by atoms with van der Waals surface area (Å²) < 4.78 is 1.97. The van der Waals surface area contributed by atoms with E-state index in [0.29, 0.717) is 6.54 Å². The van der Waals surface area contributed by atoms with Gasteiger partial charge in [-0.2, -0.15) is 0 Å². The van der Waals surface area contributed by atoms with Gasteiger partial charge in [0.2, 0.25) is 0 Å². The Morgan fingerprint density at radius 3 is 2.42 bits per heavy atom. The van der Waals surface area contributed by atoms with Gasteiger partial charge in [-0.3, -0.25) is 4.90 Å². The average Bonchev–Trinajstić information content (AvgIpc) is 3.51. The Hall–Kier alpha value is -3.03. The normalized spacial score (nSPS) is 15.7. The topological polar surface area (TPSA) is 50.1 Å². The molecule has 4 aromatic rings. The van der Waals surface area contributed by atoms with Crippen LogP contribution < -0.4 is 4.90 Å². The maximum Gasteiger partial charge on any atom is 0.173 e. The van der Waals surface area contributed by atoms with Gasteiger partial charge < -0.3 is 4.90 Å². The molecule has 0 saturated carbocycles. The maximum atomic E-state index is 4.53. The summed E-state index contributed by atoms with van der Waals surface area (Å²) in [6.07, 6.45) is 0. The number of hydrogen-bond donors (Lipinski definition) is 0. The van der Waals surface area contributed by atoms with Crippen LogP contribution in [0.15, 0.2) is 60.0 Å². The number of tetrazole rings is 1. The molecule has 0 spiro atoms. The number of hydrogen-bond acceptors (Lipinski definition) is 6. The molecule has 0 unspecified atom stereocenters. The maximum absolute atomic E-state index is 4.53. The molecule has 33 heavy (non-hydrogen) atoms. The van der Waals surface area contributed by atoms with Gasteiger partial charge in [0.25, 0.3) is 0 Å². The van der Waals surface area contributed by atoms with Gasteiger partial charge in [0.05, 0.1) is 12.6 Å². The number of thiophene rings is 1. The molecule has 0 aliphatic carbocycles. The highest BCUT2D eigenvalue weighted by Gasteiger charge is 2.31. The summed E-state index contributed by atoms with van der Waals surface area (Å²) >= 11 is 1.74. The first-order chi connectivity index (χ1) is 16.1. The van der Waals surface area contributed by atoms with Crippen LogP contribution in [0, 0.1) is 20.8 Å². The zero-order valence-corrected chi connectivity index (χ0v) is 20.3. The molecule has 1 fully saturated rings. The van der Waals surface area contributed by atoms with Crippen LogP contribution in [0.1, 0.15) is 39.0 Å². The molecular weight excluding hydrogens is 428 g/mol. The van der Waals surface area contributed by atoms with Crippen molar-refractivity contribution >= 4 is 17.0 Å². The van der Waals surface area contributed by atoms with Gasteiger partial charge >= 0.3 is 0 Å². The first-order valence-corrected chi connectivity index (χ1v) is 12.4. The fourth-order valence-corrected chi connectivity index (χ4v) is 5.33. The highest BCUT2D eigenvalue weighted by atomic mass is 32.1. The second-order valence-electron chi connectivity index (χ2n) is 8.83. The molecule has 0 N–H and O–H groups in total. The summed E-state index contributed by atoms with van der Waals surface area (Å²) in [6.45, 7) is 11.1. The SMILES string of the molecule is Cc1ccc([C@H](c2nnnn2Cc2cccs2)N2CCN(c3cccc(C)c3C)CC2)cc1. The molecular formula is C26H30N6S. The lowest BCUT2D eigenvalue weighted by molar-refractivity contribution is 0.201. The highest BCUT2D eigenvalue weighted by Crippen LogP contribution is 2.31. The van der Waals surface area contributed by atoms with Crippen molar-refractivity contribution in [1.82, 2.24) is 25.1 Å². The predicted octanol–water partition coefficient (Wildman–Crippen LogP) is 4.62. The largest absolute Gasteiger partial charge is 0.369 e. The quantitative estimate of drug-likeness (QED) is 0.422. The minimum atomic E-state index is 0.0290. The van der Waals surface area contributed by atoms with E-state index in [1.54, 1.807) is 11.3 Å². The molecule has 0 bridgehead atoms. The summed E-state index contributed by atoms with van der Waals surface area (Å²) in [5, 5.41) is 15.1. The summed E-state index contributed by atoms with van der Waals surface area (Å²) in [7, 11) is 0. The molecule has 1 saturated heterocycles. The minimum absolute atomic E-state index is 0.0290. The monoisotopic (exact) mass is 458 g/mol. The summed E-state index contributed by atoms with van der Waals surface area (Å²) in [5.74, 6) is 0.910. The number of piperazine rings is 1. The number of aromatic nitrogens is 4. The molecule has 1 aliphatic rings. The lowest BCUT2D eigenvalue weighted by Crippen LogP contribution is -2.48. The highest BCUT2D eigenvalue weighted by molar-refractivity contribution is 7.09. The van der Waals surface area contributed by atoms with Gasteiger partial charge in [-0.05, 0) is 65.4 Å². The minimum Gasteiger partial charge on any atom is -0.369 e. The van der Waals surface area contributed by atoms with Gasteiger partial charge in [-0.1, -0.05) is 48.0 Å². The van der Waals surface area contributed by atoms with Crippen molar-refractivity contribution in [3.63, 3.8) is 0 Å². The van der Waals surface area contributed by atoms with E-state index in [2.05, 4.69) is 106 Å². The lowest BCUT2D eigenvalue weighted by Gasteiger charge is -2.40. The van der Waals surface area contributed by atoms with Crippen LogP contribution in [0.2, 0.25) is 0 Å². The Morgan fingerprint density at radius 2 is 1.70 bits per heavy atom. The van der Waals surface area contributed by atoms with E-state index in [1.165, 1.54) is 32.8 Å². The Morgan fingerprint density at radius 1 is 0.909 bits per heavy atom. The van der Waals surface area contributed by atoms with Crippen molar-refractivity contribution < 1.29 is 0 Å². The number of anilines is 1. The third-order valence-electron chi connectivity index (χ3n) is 6.68. The summed E-state index contributed by atoms with van der Waals surface area (Å²) in [4.78, 5) is 6.30. The van der Waals surface area contributed by atoms with Crippen LogP contribution in [0.4, 0.5) is 5.69 Å². The van der Waals surface area contributed by atoms with Crippen LogP contribution >= 0.6 is 11.3 Å². The van der Waals surface area contributed by atoms with E-state index in [1.807, 2.05) is 4.68 Å². The predicted molar refractivity (Wildman–Crippen MR) is 134 cm³/mol. The molecule has 2 aromatic heterocycles. The fourth-order valence-electron chi connectivity index (χ4n) is 4.64. The van der Waals surface area contributed by atoms with Crippen LogP contribution in [-0.4, -0.2) is 51.3 Å². The van der Waals surface area contributed by atoms with Crippen molar-refractivity contribution in [2.75, 3.05) is 31.1 Å². The van der Waals surface area contributed by atoms with Crippen molar-refractivity contribution in [1.29, 1.82) is 0 Å². The van der Waals surface area contributed by atoms with Crippen molar-refractivity contribution in [3.8, 4) is 0 Å². The zero-order chi connectivity index (χ0) is 22.8. The number of rotatable bonds is 6. The molecule has 170 valence electrons. The summed E-state index contributed by atoms with van der Waals surface area (Å²) in [5.41, 5.74) is 6.57. The Balaban J connectivity index is 1.43. The van der Waals surface area contributed by atoms with Gasteiger partial charge in [0.15, 0.2) is 5.82 Å². The van der Waals surface area contributed by atoms with Crippen molar-refractivity contribution in [2.45, 2.75) is 33.4 Å². The second-order valence-corrected chi connectivity index (χ2v) is 9.86. The Labute approximate surface area is 199 Å². The Kier molecular flexibility index (Phi) is 6.24. The van der Waals surface area contributed by atoms with E-state index >= 15 is 0 Å². The summed E-state index contributed by atoms with van der Waals surface area (Å²) in [6, 6.07) is 19.7. The molecule has 0 amide bonds. The lowest BCUT2D eigenvalue weighted by atomic mass is 10.0. The number of benzene rings is 2. The number of aryl methyl sites for hydroxylation is 2. The zero-order valence-electron chi connectivity index (χ0n) is 19.5. The first kappa shape index (κ1) is 21.8. The third-order valence-corrected chi connectivity index (χ3v) is 7.54. The van der Waals surface area contributed by atoms with Gasteiger partial charge in [0, 0.05) is 36.7 Å². The molecule has 1 atom stereocenters. The standard InChI is InChI=1S/C26H30N6S/c1-19-9-11-22(12-10-19)25(26-27-28-29-32(26)18-23-7-5-17-33-23)31-15-13-30(14-16-31)24-8-4-6-20(2)21(24)3/h4-12,17,25H,13-16,18H2,1-3H3/t25-/m1/s1.